The topological polar surface area (TPSA) is 103 Å². The van der Waals surface area contributed by atoms with Crippen molar-refractivity contribution in [2.24, 2.45) is 0 Å². The normalized spacial score (nSPS) is 10.9. The number of fused-ring (bicyclic) bond motifs is 1. The predicted molar refractivity (Wildman–Crippen MR) is 81.2 cm³/mol. The Bertz CT molecular complexity index is 810. The molecular weight excluding hydrogens is 300 g/mol. The molecule has 0 unspecified atom stereocenters. The van der Waals surface area contributed by atoms with Crippen LogP contribution in [0.3, 0.4) is 0 Å². The van der Waals surface area contributed by atoms with Crippen molar-refractivity contribution in [2.45, 2.75) is 20.3 Å². The first-order valence-corrected chi connectivity index (χ1v) is 7.26. The Kier molecular flexibility index (Phi) is 4.22. The monoisotopic (exact) mass is 316 g/mol. The van der Waals surface area contributed by atoms with E-state index in [-0.39, 0.29) is 18.1 Å². The number of ether oxygens (including phenoxy) is 1. The summed E-state index contributed by atoms with van der Waals surface area (Å²) in [7, 11) is 0. The van der Waals surface area contributed by atoms with Crippen LogP contribution in [-0.4, -0.2) is 34.2 Å². The van der Waals surface area contributed by atoms with E-state index in [4.69, 9.17) is 13.7 Å². The minimum absolute atomic E-state index is 0.0593. The minimum atomic E-state index is -0.600. The molecule has 3 rings (SSSR count). The summed E-state index contributed by atoms with van der Waals surface area (Å²) in [6.45, 7) is 4.33. The van der Waals surface area contributed by atoms with Gasteiger partial charge < -0.3 is 19.0 Å². The van der Waals surface area contributed by atoms with E-state index >= 15 is 0 Å². The van der Waals surface area contributed by atoms with Crippen molar-refractivity contribution in [3.8, 4) is 0 Å². The van der Waals surface area contributed by atoms with Crippen LogP contribution >= 0.6 is 0 Å². The van der Waals surface area contributed by atoms with E-state index in [2.05, 4.69) is 20.4 Å². The highest BCUT2D eigenvalue weighted by atomic mass is 16.5. The molecule has 3 heterocycles. The molecule has 0 aromatic carbocycles. The van der Waals surface area contributed by atoms with Gasteiger partial charge in [0, 0.05) is 13.0 Å². The summed E-state index contributed by atoms with van der Waals surface area (Å²) in [6.07, 6.45) is 2.30. The molecule has 0 fully saturated rings. The van der Waals surface area contributed by atoms with Crippen molar-refractivity contribution in [2.75, 3.05) is 18.5 Å². The number of anilines is 1. The van der Waals surface area contributed by atoms with E-state index in [0.29, 0.717) is 29.9 Å². The molecular formula is C15H16N4O4. The number of hydrogen-bond donors (Lipinski definition) is 1. The molecule has 0 spiro atoms. The Morgan fingerprint density at radius 1 is 1.39 bits per heavy atom. The Labute approximate surface area is 131 Å². The molecule has 0 aliphatic heterocycles. The van der Waals surface area contributed by atoms with Gasteiger partial charge in [0.1, 0.15) is 17.0 Å². The first-order chi connectivity index (χ1) is 11.2. The van der Waals surface area contributed by atoms with Crippen molar-refractivity contribution < 1.29 is 18.5 Å². The number of esters is 1. The summed E-state index contributed by atoms with van der Waals surface area (Å²) < 4.78 is 15.4. The third-order valence-corrected chi connectivity index (χ3v) is 3.21. The number of hydrogen-bond acceptors (Lipinski definition) is 8. The van der Waals surface area contributed by atoms with Crippen molar-refractivity contribution in [3.05, 3.63) is 35.7 Å². The quantitative estimate of drug-likeness (QED) is 0.691. The average Bonchev–Trinajstić information content (AvgIpc) is 3.18. The first-order valence-electron chi connectivity index (χ1n) is 7.26. The third-order valence-electron chi connectivity index (χ3n) is 3.21. The van der Waals surface area contributed by atoms with Gasteiger partial charge in [-0.25, -0.2) is 9.78 Å². The largest absolute Gasteiger partial charge is 0.469 e. The number of rotatable bonds is 6. The molecule has 3 aromatic rings. The highest BCUT2D eigenvalue weighted by molar-refractivity contribution is 5.93. The average molecular weight is 316 g/mol. The maximum atomic E-state index is 11.9. The van der Waals surface area contributed by atoms with Gasteiger partial charge in [0.25, 0.3) is 5.71 Å². The van der Waals surface area contributed by atoms with Crippen molar-refractivity contribution in [3.63, 3.8) is 0 Å². The molecule has 0 radical (unpaired) electrons. The number of aromatic nitrogens is 3. The molecule has 0 atom stereocenters. The maximum Gasteiger partial charge on any atom is 0.376 e. The van der Waals surface area contributed by atoms with Gasteiger partial charge in [-0.15, -0.1) is 0 Å². The predicted octanol–water partition coefficient (Wildman–Crippen LogP) is 2.35. The Morgan fingerprint density at radius 2 is 2.26 bits per heavy atom. The van der Waals surface area contributed by atoms with E-state index < -0.39 is 5.97 Å². The molecule has 0 bridgehead atoms. The molecule has 120 valence electrons. The number of carbonyl (C=O) groups is 1. The van der Waals surface area contributed by atoms with Gasteiger partial charge >= 0.3 is 5.97 Å². The second kappa shape index (κ2) is 6.47. The Hall–Kier alpha value is -2.90. The highest BCUT2D eigenvalue weighted by Gasteiger charge is 2.19. The van der Waals surface area contributed by atoms with Gasteiger partial charge in [-0.05, 0) is 26.0 Å². The van der Waals surface area contributed by atoms with Gasteiger partial charge in [-0.2, -0.15) is 4.98 Å². The number of nitrogens with one attached hydrogen (secondary N) is 1. The van der Waals surface area contributed by atoms with Crippen LogP contribution in [0, 0.1) is 6.92 Å². The Balaban J connectivity index is 1.86. The van der Waals surface area contributed by atoms with Crippen molar-refractivity contribution >= 4 is 22.9 Å². The maximum absolute atomic E-state index is 11.9. The molecule has 8 nitrogen and oxygen atoms in total. The molecule has 0 amide bonds. The standard InChI is InChI=1S/C15H16N4O4/c1-3-21-15(20)13-17-12(11-9(2)19-23-14(11)18-13)16-7-6-10-5-4-8-22-10/h4-5,8H,3,6-7H2,1-2H3,(H,16,17,18). The fraction of sp³-hybridized carbons (Fsp3) is 0.333. The lowest BCUT2D eigenvalue weighted by Gasteiger charge is -2.07. The lowest BCUT2D eigenvalue weighted by atomic mass is 10.3. The number of furan rings is 1. The Morgan fingerprint density at radius 3 is 3.00 bits per heavy atom. The highest BCUT2D eigenvalue weighted by Crippen LogP contribution is 2.24. The fourth-order valence-electron chi connectivity index (χ4n) is 2.16. The van der Waals surface area contributed by atoms with Crippen LogP contribution in [0.25, 0.3) is 11.1 Å². The molecule has 3 aromatic heterocycles. The fourth-order valence-corrected chi connectivity index (χ4v) is 2.16. The van der Waals surface area contributed by atoms with Gasteiger partial charge in [-0.1, -0.05) is 5.16 Å². The SMILES string of the molecule is CCOC(=O)c1nc(NCCc2ccco2)c2c(C)noc2n1. The lowest BCUT2D eigenvalue weighted by Crippen LogP contribution is -2.13. The van der Waals surface area contributed by atoms with Gasteiger partial charge in [0.15, 0.2) is 0 Å². The summed E-state index contributed by atoms with van der Waals surface area (Å²) in [5.41, 5.74) is 0.900. The molecule has 8 heteroatoms. The van der Waals surface area contributed by atoms with Crippen LogP contribution in [0.2, 0.25) is 0 Å². The van der Waals surface area contributed by atoms with Crippen LogP contribution in [0.1, 0.15) is 29.0 Å². The number of nitrogens with zero attached hydrogens (tertiary/aromatic N) is 3. The first kappa shape index (κ1) is 15.0. The summed E-state index contributed by atoms with van der Waals surface area (Å²) in [6, 6.07) is 3.73. The molecule has 0 saturated heterocycles. The zero-order valence-corrected chi connectivity index (χ0v) is 12.8. The summed E-state index contributed by atoms with van der Waals surface area (Å²) in [5.74, 6) is 0.687. The van der Waals surface area contributed by atoms with Crippen LogP contribution in [0.4, 0.5) is 5.82 Å². The van der Waals surface area contributed by atoms with Gasteiger partial charge in [0.2, 0.25) is 5.82 Å². The molecule has 1 N–H and O–H groups in total. The second-order valence-electron chi connectivity index (χ2n) is 4.82. The van der Waals surface area contributed by atoms with Crippen LogP contribution in [0.5, 0.6) is 0 Å². The molecule has 0 aliphatic rings. The zero-order valence-electron chi connectivity index (χ0n) is 12.8. The van der Waals surface area contributed by atoms with Crippen molar-refractivity contribution in [1.29, 1.82) is 0 Å². The van der Waals surface area contributed by atoms with Crippen LogP contribution < -0.4 is 5.32 Å². The van der Waals surface area contributed by atoms with Crippen LogP contribution in [0.15, 0.2) is 27.3 Å². The summed E-state index contributed by atoms with van der Waals surface area (Å²) in [4.78, 5) is 20.2. The molecule has 0 saturated carbocycles. The second-order valence-corrected chi connectivity index (χ2v) is 4.82. The van der Waals surface area contributed by atoms with E-state index in [0.717, 1.165) is 5.76 Å². The number of aryl methyl sites for hydroxylation is 1. The van der Waals surface area contributed by atoms with E-state index in [9.17, 15) is 4.79 Å². The molecule has 23 heavy (non-hydrogen) atoms. The number of carbonyl (C=O) groups excluding carboxylic acids is 1. The minimum Gasteiger partial charge on any atom is -0.469 e. The summed E-state index contributed by atoms with van der Waals surface area (Å²) in [5, 5.41) is 7.69. The van der Waals surface area contributed by atoms with E-state index in [1.165, 1.54) is 0 Å². The molecule has 0 aliphatic carbocycles. The smallest absolute Gasteiger partial charge is 0.376 e. The van der Waals surface area contributed by atoms with Crippen molar-refractivity contribution in [1.82, 2.24) is 15.1 Å². The van der Waals surface area contributed by atoms with E-state index in [1.54, 1.807) is 20.1 Å². The van der Waals surface area contributed by atoms with Gasteiger partial charge in [-0.3, -0.25) is 0 Å². The zero-order chi connectivity index (χ0) is 16.2. The van der Waals surface area contributed by atoms with E-state index in [1.807, 2.05) is 12.1 Å². The van der Waals surface area contributed by atoms with Gasteiger partial charge in [0.05, 0.1) is 18.6 Å². The van der Waals surface area contributed by atoms with Crippen LogP contribution in [-0.2, 0) is 11.2 Å². The summed E-state index contributed by atoms with van der Waals surface area (Å²) >= 11 is 0. The third kappa shape index (κ3) is 3.15. The lowest BCUT2D eigenvalue weighted by molar-refractivity contribution is 0.0512.